The molecule has 1 heterocycles. The van der Waals surface area contributed by atoms with Gasteiger partial charge in [0.2, 0.25) is 12.0 Å². The summed E-state index contributed by atoms with van der Waals surface area (Å²) in [7, 11) is 0. The average molecular weight is 340 g/mol. The molecule has 0 radical (unpaired) electrons. The van der Waals surface area contributed by atoms with Crippen molar-refractivity contribution in [2.75, 3.05) is 6.61 Å². The van der Waals surface area contributed by atoms with E-state index < -0.39 is 24.0 Å². The smallest absolute Gasteiger partial charge is 0.373 e. The Morgan fingerprint density at radius 3 is 2.71 bits per heavy atom. The van der Waals surface area contributed by atoms with E-state index in [2.05, 4.69) is 20.8 Å². The molecule has 4 atom stereocenters. The van der Waals surface area contributed by atoms with E-state index in [0.717, 1.165) is 19.3 Å². The summed E-state index contributed by atoms with van der Waals surface area (Å²) in [6.07, 6.45) is 1.89. The molecule has 0 aromatic heterocycles. The molecule has 0 bridgehead atoms. The van der Waals surface area contributed by atoms with Gasteiger partial charge in [-0.1, -0.05) is 27.2 Å². The number of aliphatic hydroxyl groups is 1. The molecule has 0 spiro atoms. The minimum absolute atomic E-state index is 0.0605. The van der Waals surface area contributed by atoms with Gasteiger partial charge in [-0.2, -0.15) is 0 Å². The van der Waals surface area contributed by atoms with Crippen molar-refractivity contribution in [3.8, 4) is 0 Å². The summed E-state index contributed by atoms with van der Waals surface area (Å²) in [4.78, 5) is 23.4. The Kier molecular flexibility index (Phi) is 6.27. The zero-order valence-electron chi connectivity index (χ0n) is 14.9. The number of hydrogen-bond donors (Lipinski definition) is 1. The summed E-state index contributed by atoms with van der Waals surface area (Å²) in [6, 6.07) is 0. The van der Waals surface area contributed by atoms with Gasteiger partial charge in [0.1, 0.15) is 0 Å². The molecule has 2 fully saturated rings. The van der Waals surface area contributed by atoms with Crippen LogP contribution in [0.25, 0.3) is 0 Å². The van der Waals surface area contributed by atoms with E-state index in [1.54, 1.807) is 6.92 Å². The number of carbonyl (C=O) groups excluding carboxylic acids is 2. The van der Waals surface area contributed by atoms with Gasteiger partial charge in [0.15, 0.2) is 0 Å². The molecular formula is C18H28O6. The van der Waals surface area contributed by atoms with Gasteiger partial charge >= 0.3 is 11.9 Å². The molecule has 0 unspecified atom stereocenters. The van der Waals surface area contributed by atoms with E-state index in [9.17, 15) is 14.7 Å². The maximum atomic E-state index is 11.7. The molecular weight excluding hydrogens is 312 g/mol. The van der Waals surface area contributed by atoms with Crippen molar-refractivity contribution < 1.29 is 28.9 Å². The molecule has 6 nitrogen and oxygen atoms in total. The second kappa shape index (κ2) is 8.01. The molecule has 0 amide bonds. The predicted octanol–water partition coefficient (Wildman–Crippen LogP) is 3.11. The molecule has 0 aromatic rings. The first-order valence-corrected chi connectivity index (χ1v) is 8.77. The standard InChI is InChI=1S/C18H28O6/c1-5-22-17(21)16(20)13-9-15(19)24-18(13)23-14-8-11(4)6-7-12(14)10(2)3/h10-12,14,18,20H,5-9H2,1-4H3/b16-13+/t11-,12+,14-,18-/m1/s1. The lowest BCUT2D eigenvalue weighted by Gasteiger charge is -2.38. The lowest BCUT2D eigenvalue weighted by atomic mass is 9.75. The summed E-state index contributed by atoms with van der Waals surface area (Å²) in [5, 5.41) is 10.1. The normalized spacial score (nSPS) is 32.6. The van der Waals surface area contributed by atoms with Crippen molar-refractivity contribution in [1.82, 2.24) is 0 Å². The van der Waals surface area contributed by atoms with Crippen LogP contribution in [0, 0.1) is 17.8 Å². The number of cyclic esters (lactones) is 1. The van der Waals surface area contributed by atoms with Crippen molar-refractivity contribution in [3.63, 3.8) is 0 Å². The molecule has 136 valence electrons. The highest BCUT2D eigenvalue weighted by Crippen LogP contribution is 2.38. The van der Waals surface area contributed by atoms with E-state index in [0.29, 0.717) is 17.8 Å². The molecule has 24 heavy (non-hydrogen) atoms. The Hall–Kier alpha value is -1.56. The third-order valence-electron chi connectivity index (χ3n) is 4.89. The molecule has 0 aromatic carbocycles. The molecule has 1 aliphatic heterocycles. The third-order valence-corrected chi connectivity index (χ3v) is 4.89. The fourth-order valence-electron chi connectivity index (χ4n) is 3.54. The number of esters is 2. The van der Waals surface area contributed by atoms with Crippen LogP contribution in [0.15, 0.2) is 11.3 Å². The van der Waals surface area contributed by atoms with Crippen LogP contribution in [0.5, 0.6) is 0 Å². The van der Waals surface area contributed by atoms with Gasteiger partial charge < -0.3 is 19.3 Å². The number of hydrogen-bond acceptors (Lipinski definition) is 6. The SMILES string of the molecule is CCOC(=O)/C(O)=C1/CC(=O)O[C@H]1O[C@@H]1C[C@H](C)CC[C@H]1C(C)C. The van der Waals surface area contributed by atoms with Gasteiger partial charge in [-0.3, -0.25) is 4.79 Å². The molecule has 1 N–H and O–H groups in total. The summed E-state index contributed by atoms with van der Waals surface area (Å²) in [6.45, 7) is 8.29. The molecule has 1 aliphatic carbocycles. The first kappa shape index (κ1) is 18.8. The van der Waals surface area contributed by atoms with Crippen LogP contribution in [-0.4, -0.2) is 36.0 Å². The number of carbonyl (C=O) groups is 2. The first-order valence-electron chi connectivity index (χ1n) is 8.77. The van der Waals surface area contributed by atoms with Crippen LogP contribution in [0.3, 0.4) is 0 Å². The summed E-state index contributed by atoms with van der Waals surface area (Å²) < 4.78 is 16.1. The second-order valence-electron chi connectivity index (χ2n) is 7.09. The van der Waals surface area contributed by atoms with Crippen LogP contribution >= 0.6 is 0 Å². The summed E-state index contributed by atoms with van der Waals surface area (Å²) in [5.74, 6) is -0.573. The van der Waals surface area contributed by atoms with Crippen molar-refractivity contribution >= 4 is 11.9 Å². The molecule has 2 aliphatic rings. The lowest BCUT2D eigenvalue weighted by Crippen LogP contribution is -2.37. The Balaban J connectivity index is 2.17. The fourth-order valence-corrected chi connectivity index (χ4v) is 3.54. The average Bonchev–Trinajstić information content (AvgIpc) is 2.87. The van der Waals surface area contributed by atoms with E-state index in [1.165, 1.54) is 0 Å². The van der Waals surface area contributed by atoms with Crippen molar-refractivity contribution in [2.45, 2.75) is 65.8 Å². The predicted molar refractivity (Wildman–Crippen MR) is 87.0 cm³/mol. The van der Waals surface area contributed by atoms with E-state index in [4.69, 9.17) is 14.2 Å². The Labute approximate surface area is 143 Å². The van der Waals surface area contributed by atoms with Gasteiger partial charge in [0.25, 0.3) is 0 Å². The number of ether oxygens (including phenoxy) is 3. The molecule has 2 rings (SSSR count). The van der Waals surface area contributed by atoms with E-state index in [-0.39, 0.29) is 24.7 Å². The van der Waals surface area contributed by atoms with Crippen LogP contribution < -0.4 is 0 Å². The van der Waals surface area contributed by atoms with Gasteiger partial charge in [0, 0.05) is 0 Å². The van der Waals surface area contributed by atoms with Crippen LogP contribution in [-0.2, 0) is 23.8 Å². The number of aliphatic hydroxyl groups excluding tert-OH is 1. The zero-order valence-corrected chi connectivity index (χ0v) is 14.9. The fraction of sp³-hybridized carbons (Fsp3) is 0.778. The lowest BCUT2D eigenvalue weighted by molar-refractivity contribution is -0.179. The number of rotatable bonds is 5. The monoisotopic (exact) mass is 340 g/mol. The van der Waals surface area contributed by atoms with Gasteiger partial charge in [0.05, 0.1) is 24.7 Å². The molecule has 6 heteroatoms. The van der Waals surface area contributed by atoms with Crippen molar-refractivity contribution in [2.24, 2.45) is 17.8 Å². The highest BCUT2D eigenvalue weighted by molar-refractivity contribution is 5.89. The highest BCUT2D eigenvalue weighted by Gasteiger charge is 2.40. The maximum absolute atomic E-state index is 11.7. The largest absolute Gasteiger partial charge is 0.502 e. The van der Waals surface area contributed by atoms with Gasteiger partial charge in [-0.05, 0) is 37.5 Å². The zero-order chi connectivity index (χ0) is 17.9. The van der Waals surface area contributed by atoms with Crippen LogP contribution in [0.1, 0.15) is 53.4 Å². The first-order chi connectivity index (χ1) is 11.3. The topological polar surface area (TPSA) is 82.1 Å². The van der Waals surface area contributed by atoms with Gasteiger partial charge in [-0.25, -0.2) is 4.79 Å². The quantitative estimate of drug-likeness (QED) is 0.470. The van der Waals surface area contributed by atoms with Gasteiger partial charge in [-0.15, -0.1) is 0 Å². The Morgan fingerprint density at radius 1 is 1.38 bits per heavy atom. The molecule has 1 saturated heterocycles. The summed E-state index contributed by atoms with van der Waals surface area (Å²) >= 11 is 0. The second-order valence-corrected chi connectivity index (χ2v) is 7.09. The van der Waals surface area contributed by atoms with Crippen LogP contribution in [0.2, 0.25) is 0 Å². The Morgan fingerprint density at radius 2 is 2.08 bits per heavy atom. The van der Waals surface area contributed by atoms with Crippen molar-refractivity contribution in [1.29, 1.82) is 0 Å². The third kappa shape index (κ3) is 4.29. The highest BCUT2D eigenvalue weighted by atomic mass is 16.7. The minimum Gasteiger partial charge on any atom is -0.502 e. The van der Waals surface area contributed by atoms with Crippen molar-refractivity contribution in [3.05, 3.63) is 11.3 Å². The maximum Gasteiger partial charge on any atom is 0.373 e. The molecule has 1 saturated carbocycles. The minimum atomic E-state index is -1.00. The Bertz CT molecular complexity index is 510. The van der Waals surface area contributed by atoms with Crippen LogP contribution in [0.4, 0.5) is 0 Å². The van der Waals surface area contributed by atoms with E-state index in [1.807, 2.05) is 0 Å². The summed E-state index contributed by atoms with van der Waals surface area (Å²) in [5.41, 5.74) is 0.166. The van der Waals surface area contributed by atoms with E-state index >= 15 is 0 Å².